The zero-order valence-electron chi connectivity index (χ0n) is 12.3. The van der Waals surface area contributed by atoms with Gasteiger partial charge in [0.15, 0.2) is 0 Å². The number of nitrogens with one attached hydrogen (secondary N) is 1. The lowest BCUT2D eigenvalue weighted by Crippen LogP contribution is -2.44. The first-order valence-corrected chi connectivity index (χ1v) is 7.33. The molecule has 0 radical (unpaired) electrons. The average Bonchev–Trinajstić information content (AvgIpc) is 2.97. The van der Waals surface area contributed by atoms with Gasteiger partial charge in [-0.15, -0.1) is 0 Å². The zero-order valence-corrected chi connectivity index (χ0v) is 12.3. The number of nitrogens with zero attached hydrogens (tertiary/aromatic N) is 1. The summed E-state index contributed by atoms with van der Waals surface area (Å²) in [6.07, 6.45) is 1.84. The lowest BCUT2D eigenvalue weighted by molar-refractivity contribution is -0.133. The van der Waals surface area contributed by atoms with Crippen molar-refractivity contribution >= 4 is 5.91 Å². The predicted molar refractivity (Wildman–Crippen MR) is 79.6 cm³/mol. The van der Waals surface area contributed by atoms with Crippen LogP contribution in [0, 0.1) is 0 Å². The molecule has 110 valence electrons. The Hall–Kier alpha value is -1.39. The Kier molecular flexibility index (Phi) is 5.56. The Labute approximate surface area is 121 Å². The van der Waals surface area contributed by atoms with Gasteiger partial charge < -0.3 is 15.0 Å². The molecule has 1 aromatic carbocycles. The van der Waals surface area contributed by atoms with Gasteiger partial charge in [0.05, 0.1) is 12.1 Å². The van der Waals surface area contributed by atoms with Crippen molar-refractivity contribution in [2.75, 3.05) is 26.7 Å². The summed E-state index contributed by atoms with van der Waals surface area (Å²) < 4.78 is 5.30. The van der Waals surface area contributed by atoms with Gasteiger partial charge >= 0.3 is 0 Å². The Morgan fingerprint density at radius 2 is 2.15 bits per heavy atom. The van der Waals surface area contributed by atoms with Crippen LogP contribution in [0.5, 0.6) is 0 Å². The van der Waals surface area contributed by atoms with Crippen molar-refractivity contribution in [1.29, 1.82) is 0 Å². The third-order valence-electron chi connectivity index (χ3n) is 3.93. The van der Waals surface area contributed by atoms with Gasteiger partial charge in [-0.25, -0.2) is 0 Å². The molecule has 4 nitrogen and oxygen atoms in total. The largest absolute Gasteiger partial charge is 0.380 e. The van der Waals surface area contributed by atoms with E-state index in [0.717, 1.165) is 32.5 Å². The third-order valence-corrected chi connectivity index (χ3v) is 3.93. The van der Waals surface area contributed by atoms with Gasteiger partial charge in [-0.3, -0.25) is 4.79 Å². The maximum Gasteiger partial charge on any atom is 0.239 e. The zero-order chi connectivity index (χ0) is 14.4. The standard InChI is InChI=1S/C16H24N2O2/c1-3-18(10-9-13-7-5-4-6-8-13)16(19)15-11-14(20-2)12-17-15/h4-8,14-15,17H,3,9-12H2,1-2H3. The first-order valence-electron chi connectivity index (χ1n) is 7.33. The van der Waals surface area contributed by atoms with Crippen LogP contribution in [-0.4, -0.2) is 49.7 Å². The molecule has 0 aliphatic carbocycles. The molecule has 1 aromatic rings. The van der Waals surface area contributed by atoms with Crippen LogP contribution in [0.15, 0.2) is 30.3 Å². The van der Waals surface area contributed by atoms with Gasteiger partial charge in [0.1, 0.15) is 0 Å². The first kappa shape index (κ1) is 15.0. The quantitative estimate of drug-likeness (QED) is 0.855. The van der Waals surface area contributed by atoms with Gasteiger partial charge in [-0.2, -0.15) is 0 Å². The molecule has 1 aliphatic rings. The number of amides is 1. The fourth-order valence-electron chi connectivity index (χ4n) is 2.62. The second-order valence-electron chi connectivity index (χ2n) is 5.21. The highest BCUT2D eigenvalue weighted by atomic mass is 16.5. The molecular weight excluding hydrogens is 252 g/mol. The second-order valence-corrected chi connectivity index (χ2v) is 5.21. The SMILES string of the molecule is CCN(CCc1ccccc1)C(=O)C1CC(OC)CN1. The lowest BCUT2D eigenvalue weighted by Gasteiger charge is -2.24. The average molecular weight is 276 g/mol. The van der Waals surface area contributed by atoms with Gasteiger partial charge in [-0.1, -0.05) is 30.3 Å². The molecule has 1 N–H and O–H groups in total. The molecule has 1 amide bonds. The summed E-state index contributed by atoms with van der Waals surface area (Å²) in [5, 5.41) is 3.25. The minimum absolute atomic E-state index is 0.0873. The first-order chi connectivity index (χ1) is 9.74. The van der Waals surface area contributed by atoms with E-state index in [1.165, 1.54) is 5.56 Å². The molecule has 20 heavy (non-hydrogen) atoms. The minimum Gasteiger partial charge on any atom is -0.380 e. The fourth-order valence-corrected chi connectivity index (χ4v) is 2.62. The number of likely N-dealkylation sites (N-methyl/N-ethyl adjacent to an activating group) is 1. The molecule has 2 atom stereocenters. The van der Waals surface area contributed by atoms with Crippen LogP contribution in [-0.2, 0) is 16.0 Å². The van der Waals surface area contributed by atoms with Crippen LogP contribution in [0.4, 0.5) is 0 Å². The highest BCUT2D eigenvalue weighted by Gasteiger charge is 2.31. The van der Waals surface area contributed by atoms with E-state index in [1.807, 2.05) is 30.0 Å². The van der Waals surface area contributed by atoms with Crippen LogP contribution in [0.1, 0.15) is 18.9 Å². The molecule has 2 unspecified atom stereocenters. The van der Waals surface area contributed by atoms with Crippen molar-refractivity contribution in [3.8, 4) is 0 Å². The Balaban J connectivity index is 1.86. The topological polar surface area (TPSA) is 41.6 Å². The van der Waals surface area contributed by atoms with Crippen LogP contribution < -0.4 is 5.32 Å². The molecule has 1 heterocycles. The summed E-state index contributed by atoms with van der Waals surface area (Å²) in [5.74, 6) is 0.197. The molecule has 2 rings (SSSR count). The van der Waals surface area contributed by atoms with E-state index < -0.39 is 0 Å². The smallest absolute Gasteiger partial charge is 0.239 e. The van der Waals surface area contributed by atoms with Gasteiger partial charge in [0.25, 0.3) is 0 Å². The predicted octanol–water partition coefficient (Wildman–Crippen LogP) is 1.45. The summed E-state index contributed by atoms with van der Waals surface area (Å²) >= 11 is 0. The van der Waals surface area contributed by atoms with Gasteiger partial charge in [-0.05, 0) is 25.3 Å². The Morgan fingerprint density at radius 3 is 2.75 bits per heavy atom. The molecule has 0 saturated carbocycles. The van der Waals surface area contributed by atoms with Crippen LogP contribution in [0.2, 0.25) is 0 Å². The van der Waals surface area contributed by atoms with E-state index in [9.17, 15) is 4.79 Å². The van der Waals surface area contributed by atoms with Crippen molar-refractivity contribution < 1.29 is 9.53 Å². The maximum absolute atomic E-state index is 12.5. The van der Waals surface area contributed by atoms with Gasteiger partial charge in [0, 0.05) is 26.7 Å². The lowest BCUT2D eigenvalue weighted by atomic mass is 10.1. The molecule has 1 saturated heterocycles. The molecular formula is C16H24N2O2. The number of rotatable bonds is 6. The van der Waals surface area contributed by atoms with Crippen molar-refractivity contribution in [3.05, 3.63) is 35.9 Å². The Bertz CT molecular complexity index is 422. The van der Waals surface area contributed by atoms with Crippen LogP contribution in [0.3, 0.4) is 0 Å². The molecule has 0 spiro atoms. The number of hydrogen-bond acceptors (Lipinski definition) is 3. The van der Waals surface area contributed by atoms with Crippen molar-refractivity contribution in [1.82, 2.24) is 10.2 Å². The third kappa shape index (κ3) is 3.81. The van der Waals surface area contributed by atoms with Crippen LogP contribution in [0.25, 0.3) is 0 Å². The van der Waals surface area contributed by atoms with Crippen molar-refractivity contribution in [2.24, 2.45) is 0 Å². The summed E-state index contributed by atoms with van der Waals surface area (Å²) in [6, 6.07) is 10.2. The monoisotopic (exact) mass is 276 g/mol. The number of ether oxygens (including phenoxy) is 1. The number of carbonyl (C=O) groups excluding carboxylic acids is 1. The minimum atomic E-state index is -0.0873. The van der Waals surface area contributed by atoms with Gasteiger partial charge in [0.2, 0.25) is 5.91 Å². The molecule has 1 fully saturated rings. The van der Waals surface area contributed by atoms with E-state index in [2.05, 4.69) is 17.4 Å². The summed E-state index contributed by atoms with van der Waals surface area (Å²) in [7, 11) is 1.70. The Morgan fingerprint density at radius 1 is 1.40 bits per heavy atom. The maximum atomic E-state index is 12.5. The number of carbonyl (C=O) groups is 1. The summed E-state index contributed by atoms with van der Waals surface area (Å²) in [5.41, 5.74) is 1.27. The fraction of sp³-hybridized carbons (Fsp3) is 0.562. The number of methoxy groups -OCH3 is 1. The van der Waals surface area contributed by atoms with E-state index in [1.54, 1.807) is 7.11 Å². The molecule has 0 bridgehead atoms. The normalized spacial score (nSPS) is 21.9. The van der Waals surface area contributed by atoms with Crippen LogP contribution >= 0.6 is 0 Å². The molecule has 4 heteroatoms. The number of benzene rings is 1. The van der Waals surface area contributed by atoms with Crippen molar-refractivity contribution in [2.45, 2.75) is 31.9 Å². The van der Waals surface area contributed by atoms with E-state index in [4.69, 9.17) is 4.74 Å². The van der Waals surface area contributed by atoms with E-state index in [0.29, 0.717) is 0 Å². The van der Waals surface area contributed by atoms with Crippen molar-refractivity contribution in [3.63, 3.8) is 0 Å². The number of hydrogen-bond donors (Lipinski definition) is 1. The van der Waals surface area contributed by atoms with E-state index in [-0.39, 0.29) is 18.1 Å². The second kappa shape index (κ2) is 7.41. The summed E-state index contributed by atoms with van der Waals surface area (Å²) in [6.45, 7) is 4.32. The molecule has 0 aromatic heterocycles. The molecule has 1 aliphatic heterocycles. The van der Waals surface area contributed by atoms with E-state index >= 15 is 0 Å². The highest BCUT2D eigenvalue weighted by molar-refractivity contribution is 5.82. The summed E-state index contributed by atoms with van der Waals surface area (Å²) in [4.78, 5) is 14.4. The highest BCUT2D eigenvalue weighted by Crippen LogP contribution is 2.12.